The molecule has 0 heterocycles. The number of hydrogen-bond donors (Lipinski definition) is 1. The number of benzene rings is 2. The van der Waals surface area contributed by atoms with Crippen molar-refractivity contribution in [3.05, 3.63) is 65.7 Å². The smallest absolute Gasteiger partial charge is 0.314 e. The van der Waals surface area contributed by atoms with Crippen molar-refractivity contribution >= 4 is 21.6 Å². The maximum atomic E-state index is 12.4. The molecule has 0 aliphatic heterocycles. The predicted molar refractivity (Wildman–Crippen MR) is 105 cm³/mol. The molecule has 0 amide bonds. The monoisotopic (exact) mass is 404 g/mol. The van der Waals surface area contributed by atoms with E-state index in [0.29, 0.717) is 12.2 Å². The predicted octanol–water partition coefficient (Wildman–Crippen LogP) is 3.07. The van der Waals surface area contributed by atoms with Crippen LogP contribution < -0.4 is 0 Å². The molecule has 0 aliphatic rings. The van der Waals surface area contributed by atoms with Crippen molar-refractivity contribution in [3.63, 3.8) is 0 Å². The fourth-order valence-corrected chi connectivity index (χ4v) is 4.09. The largest absolute Gasteiger partial charge is 0.481 e. The van der Waals surface area contributed by atoms with Crippen LogP contribution in [-0.2, 0) is 30.8 Å². The Bertz CT molecular complexity index is 890. The molecule has 28 heavy (non-hydrogen) atoms. The van der Waals surface area contributed by atoms with Gasteiger partial charge in [-0.2, -0.15) is 0 Å². The van der Waals surface area contributed by atoms with Crippen LogP contribution in [0.3, 0.4) is 0 Å². The summed E-state index contributed by atoms with van der Waals surface area (Å²) in [5.74, 6) is -3.49. The Morgan fingerprint density at radius 1 is 1.04 bits per heavy atom. The lowest BCUT2D eigenvalue weighted by atomic mass is 9.85. The first-order valence-corrected chi connectivity index (χ1v) is 10.5. The molecule has 0 saturated heterocycles. The average Bonchev–Trinajstić information content (AvgIpc) is 2.65. The summed E-state index contributed by atoms with van der Waals surface area (Å²) in [4.78, 5) is 23.0. The molecular formula is C21H24O6S. The van der Waals surface area contributed by atoms with Gasteiger partial charge in [0.25, 0.3) is 0 Å². The quantitative estimate of drug-likeness (QED) is 0.483. The lowest BCUT2D eigenvalue weighted by Gasteiger charge is -2.18. The van der Waals surface area contributed by atoms with Gasteiger partial charge in [0.15, 0.2) is 9.84 Å². The normalized spacial score (nSPS) is 13.6. The van der Waals surface area contributed by atoms with Crippen LogP contribution in [0.4, 0.5) is 0 Å². The SMILES string of the molecule is CC(=O)C(C(=O)O)C(C)c1ccc(S(=O)(=O)CCOCc2ccccc2)cc1. The third-order valence-electron chi connectivity index (χ3n) is 4.58. The summed E-state index contributed by atoms with van der Waals surface area (Å²) in [7, 11) is -3.52. The zero-order valence-electron chi connectivity index (χ0n) is 15.9. The Kier molecular flexibility index (Phi) is 7.48. The van der Waals surface area contributed by atoms with Gasteiger partial charge < -0.3 is 9.84 Å². The zero-order chi connectivity index (χ0) is 20.7. The molecule has 6 nitrogen and oxygen atoms in total. The van der Waals surface area contributed by atoms with Gasteiger partial charge in [-0.25, -0.2) is 8.42 Å². The number of rotatable bonds is 10. The Hall–Kier alpha value is -2.51. The zero-order valence-corrected chi connectivity index (χ0v) is 16.7. The molecule has 150 valence electrons. The molecule has 0 aliphatic carbocycles. The number of ketones is 1. The van der Waals surface area contributed by atoms with E-state index in [-0.39, 0.29) is 17.3 Å². The third-order valence-corrected chi connectivity index (χ3v) is 6.27. The first kappa shape index (κ1) is 21.8. The molecule has 0 saturated carbocycles. The van der Waals surface area contributed by atoms with Crippen molar-refractivity contribution in [2.45, 2.75) is 31.3 Å². The number of ether oxygens (including phenoxy) is 1. The van der Waals surface area contributed by atoms with Crippen molar-refractivity contribution in [2.24, 2.45) is 5.92 Å². The molecule has 2 atom stereocenters. The third kappa shape index (κ3) is 5.74. The first-order chi connectivity index (χ1) is 13.2. The Labute approximate surface area is 165 Å². The minimum Gasteiger partial charge on any atom is -0.481 e. The Balaban J connectivity index is 1.98. The van der Waals surface area contributed by atoms with Crippen LogP contribution in [0.25, 0.3) is 0 Å². The molecule has 1 N–H and O–H groups in total. The number of carboxylic acids is 1. The van der Waals surface area contributed by atoms with E-state index in [1.54, 1.807) is 19.1 Å². The molecule has 2 unspecified atom stereocenters. The summed E-state index contributed by atoms with van der Waals surface area (Å²) < 4.78 is 30.3. The van der Waals surface area contributed by atoms with Crippen LogP contribution in [0, 0.1) is 5.92 Å². The maximum Gasteiger partial charge on any atom is 0.314 e. The molecule has 0 radical (unpaired) electrons. The van der Waals surface area contributed by atoms with Gasteiger partial charge in [0.2, 0.25) is 0 Å². The molecule has 0 bridgehead atoms. The molecule has 0 fully saturated rings. The number of carbonyl (C=O) groups is 2. The second-order valence-corrected chi connectivity index (χ2v) is 8.75. The summed E-state index contributed by atoms with van der Waals surface area (Å²) >= 11 is 0. The highest BCUT2D eigenvalue weighted by Gasteiger charge is 2.30. The summed E-state index contributed by atoms with van der Waals surface area (Å²) in [6, 6.07) is 15.5. The Morgan fingerprint density at radius 3 is 2.18 bits per heavy atom. The minimum atomic E-state index is -3.52. The van der Waals surface area contributed by atoms with Gasteiger partial charge >= 0.3 is 5.97 Å². The highest BCUT2D eigenvalue weighted by Crippen LogP contribution is 2.26. The number of hydrogen-bond acceptors (Lipinski definition) is 5. The van der Waals surface area contributed by atoms with E-state index < -0.39 is 33.4 Å². The average molecular weight is 404 g/mol. The van der Waals surface area contributed by atoms with Crippen molar-refractivity contribution in [2.75, 3.05) is 12.4 Å². The summed E-state index contributed by atoms with van der Waals surface area (Å²) in [5, 5.41) is 9.23. The highest BCUT2D eigenvalue weighted by molar-refractivity contribution is 7.91. The lowest BCUT2D eigenvalue weighted by molar-refractivity contribution is -0.146. The maximum absolute atomic E-state index is 12.4. The lowest BCUT2D eigenvalue weighted by Crippen LogP contribution is -2.27. The fraction of sp³-hybridized carbons (Fsp3) is 0.333. The van der Waals surface area contributed by atoms with Crippen LogP contribution in [0.1, 0.15) is 30.9 Å². The van der Waals surface area contributed by atoms with E-state index in [4.69, 9.17) is 4.74 Å². The van der Waals surface area contributed by atoms with E-state index in [1.165, 1.54) is 19.1 Å². The summed E-state index contributed by atoms with van der Waals surface area (Å²) in [5.41, 5.74) is 1.57. The van der Waals surface area contributed by atoms with E-state index >= 15 is 0 Å². The van der Waals surface area contributed by atoms with Gasteiger partial charge in [0.1, 0.15) is 11.7 Å². The van der Waals surface area contributed by atoms with Crippen LogP contribution in [0.2, 0.25) is 0 Å². The van der Waals surface area contributed by atoms with Crippen molar-refractivity contribution < 1.29 is 27.9 Å². The van der Waals surface area contributed by atoms with Crippen molar-refractivity contribution in [3.8, 4) is 0 Å². The van der Waals surface area contributed by atoms with Gasteiger partial charge in [0.05, 0.1) is 23.9 Å². The molecule has 0 spiro atoms. The molecule has 2 aromatic carbocycles. The number of sulfone groups is 1. The fourth-order valence-electron chi connectivity index (χ4n) is 2.96. The number of carboxylic acid groups (broad SMARTS) is 1. The second kappa shape index (κ2) is 9.61. The van der Waals surface area contributed by atoms with Crippen LogP contribution in [0.5, 0.6) is 0 Å². The molecular weight excluding hydrogens is 380 g/mol. The van der Waals surface area contributed by atoms with E-state index in [0.717, 1.165) is 5.56 Å². The first-order valence-electron chi connectivity index (χ1n) is 8.90. The topological polar surface area (TPSA) is 97.7 Å². The standard InChI is InChI=1S/C21H24O6S/c1-15(20(16(2)22)21(23)24)18-8-10-19(11-9-18)28(25,26)13-12-27-14-17-6-4-3-5-7-17/h3-11,15,20H,12-14H2,1-2H3,(H,23,24). The van der Waals surface area contributed by atoms with E-state index in [1.807, 2.05) is 30.3 Å². The van der Waals surface area contributed by atoms with Crippen LogP contribution in [0.15, 0.2) is 59.5 Å². The molecule has 7 heteroatoms. The number of aliphatic carboxylic acids is 1. The molecule has 0 aromatic heterocycles. The minimum absolute atomic E-state index is 0.0702. The van der Waals surface area contributed by atoms with E-state index in [9.17, 15) is 23.1 Å². The Morgan fingerprint density at radius 2 is 1.64 bits per heavy atom. The van der Waals surface area contributed by atoms with Gasteiger partial charge in [0, 0.05) is 5.92 Å². The van der Waals surface area contributed by atoms with Gasteiger partial charge in [-0.15, -0.1) is 0 Å². The number of Topliss-reactive ketones (excluding diaryl/α,β-unsaturated/α-hetero) is 1. The van der Waals surface area contributed by atoms with Crippen LogP contribution in [-0.4, -0.2) is 37.6 Å². The molecule has 2 rings (SSSR count). The van der Waals surface area contributed by atoms with E-state index in [2.05, 4.69) is 0 Å². The molecule has 2 aromatic rings. The van der Waals surface area contributed by atoms with Crippen molar-refractivity contribution in [1.29, 1.82) is 0 Å². The van der Waals surface area contributed by atoms with Gasteiger partial charge in [-0.1, -0.05) is 49.4 Å². The number of carbonyl (C=O) groups excluding carboxylic acids is 1. The van der Waals surface area contributed by atoms with Gasteiger partial charge in [-0.3, -0.25) is 9.59 Å². The highest BCUT2D eigenvalue weighted by atomic mass is 32.2. The van der Waals surface area contributed by atoms with Crippen molar-refractivity contribution in [1.82, 2.24) is 0 Å². The summed E-state index contributed by atoms with van der Waals surface area (Å²) in [6.07, 6.45) is 0. The summed E-state index contributed by atoms with van der Waals surface area (Å²) in [6.45, 7) is 3.29. The second-order valence-electron chi connectivity index (χ2n) is 6.64. The van der Waals surface area contributed by atoms with Gasteiger partial charge in [-0.05, 0) is 30.2 Å². The van der Waals surface area contributed by atoms with Crippen LogP contribution >= 0.6 is 0 Å².